The Balaban J connectivity index is 2.70. The molecule has 0 saturated carbocycles. The van der Waals surface area contributed by atoms with Crippen LogP contribution in [0.15, 0.2) is 24.3 Å². The van der Waals surface area contributed by atoms with Gasteiger partial charge >= 0.3 is 0 Å². The van der Waals surface area contributed by atoms with E-state index in [1.165, 1.54) is 0 Å². The van der Waals surface area contributed by atoms with Crippen molar-refractivity contribution in [3.05, 3.63) is 34.9 Å². The summed E-state index contributed by atoms with van der Waals surface area (Å²) in [5.41, 5.74) is 6.69. The fourth-order valence-electron chi connectivity index (χ4n) is 1.93. The van der Waals surface area contributed by atoms with Crippen LogP contribution < -0.4 is 5.73 Å². The first-order valence-electron chi connectivity index (χ1n) is 6.15. The standard InChI is InChI=1S/C14H21ClN2O/c1-10(2)13(8-16)14(18)17(3)9-11-5-4-6-12(15)7-11/h4-7,10,13H,8-9,16H2,1-3H3. The van der Waals surface area contributed by atoms with Gasteiger partial charge in [0, 0.05) is 25.2 Å². The molecule has 1 unspecified atom stereocenters. The summed E-state index contributed by atoms with van der Waals surface area (Å²) >= 11 is 5.92. The van der Waals surface area contributed by atoms with Crippen molar-refractivity contribution >= 4 is 17.5 Å². The molecule has 1 amide bonds. The highest BCUT2D eigenvalue weighted by Crippen LogP contribution is 2.16. The second kappa shape index (κ2) is 6.76. The van der Waals surface area contributed by atoms with Crippen LogP contribution in [0.2, 0.25) is 5.02 Å². The summed E-state index contributed by atoms with van der Waals surface area (Å²) in [6.07, 6.45) is 0. The van der Waals surface area contributed by atoms with Gasteiger partial charge in [-0.05, 0) is 23.6 Å². The van der Waals surface area contributed by atoms with Gasteiger partial charge in [0.15, 0.2) is 0 Å². The largest absolute Gasteiger partial charge is 0.341 e. The molecule has 0 aliphatic rings. The Morgan fingerprint density at radius 2 is 2.11 bits per heavy atom. The summed E-state index contributed by atoms with van der Waals surface area (Å²) in [4.78, 5) is 13.9. The molecule has 1 atom stereocenters. The minimum absolute atomic E-state index is 0.0903. The Hall–Kier alpha value is -1.06. The summed E-state index contributed by atoms with van der Waals surface area (Å²) in [5.74, 6) is 0.228. The molecular weight excluding hydrogens is 248 g/mol. The fourth-order valence-corrected chi connectivity index (χ4v) is 2.14. The molecule has 0 aliphatic heterocycles. The zero-order valence-corrected chi connectivity index (χ0v) is 11.9. The lowest BCUT2D eigenvalue weighted by molar-refractivity contribution is -0.135. The average Bonchev–Trinajstić information content (AvgIpc) is 2.29. The van der Waals surface area contributed by atoms with Crippen molar-refractivity contribution in [3.63, 3.8) is 0 Å². The van der Waals surface area contributed by atoms with Crippen LogP contribution in [-0.2, 0) is 11.3 Å². The lowest BCUT2D eigenvalue weighted by Crippen LogP contribution is -2.38. The molecular formula is C14H21ClN2O. The second-order valence-electron chi connectivity index (χ2n) is 4.91. The van der Waals surface area contributed by atoms with E-state index in [4.69, 9.17) is 17.3 Å². The van der Waals surface area contributed by atoms with Crippen LogP contribution in [0.5, 0.6) is 0 Å². The van der Waals surface area contributed by atoms with Gasteiger partial charge in [0.05, 0.1) is 5.92 Å². The zero-order chi connectivity index (χ0) is 13.7. The lowest BCUT2D eigenvalue weighted by Gasteiger charge is -2.25. The molecule has 0 spiro atoms. The van der Waals surface area contributed by atoms with Crippen LogP contribution in [0.3, 0.4) is 0 Å². The highest BCUT2D eigenvalue weighted by molar-refractivity contribution is 6.30. The number of hydrogen-bond acceptors (Lipinski definition) is 2. The van der Waals surface area contributed by atoms with Crippen molar-refractivity contribution in [2.45, 2.75) is 20.4 Å². The van der Waals surface area contributed by atoms with Crippen LogP contribution in [-0.4, -0.2) is 24.4 Å². The van der Waals surface area contributed by atoms with E-state index in [9.17, 15) is 4.79 Å². The minimum Gasteiger partial charge on any atom is -0.341 e. The predicted molar refractivity (Wildman–Crippen MR) is 75.3 cm³/mol. The number of rotatable bonds is 5. The Bertz CT molecular complexity index is 407. The molecule has 1 aromatic carbocycles. The van der Waals surface area contributed by atoms with Gasteiger partial charge in [-0.15, -0.1) is 0 Å². The molecule has 4 heteroatoms. The Morgan fingerprint density at radius 1 is 1.44 bits per heavy atom. The van der Waals surface area contributed by atoms with Crippen molar-refractivity contribution in [3.8, 4) is 0 Å². The number of nitrogens with two attached hydrogens (primary N) is 1. The van der Waals surface area contributed by atoms with E-state index < -0.39 is 0 Å². The maximum absolute atomic E-state index is 12.2. The number of carbonyl (C=O) groups is 1. The summed E-state index contributed by atoms with van der Waals surface area (Å²) < 4.78 is 0. The third-order valence-corrected chi connectivity index (χ3v) is 3.30. The van der Waals surface area contributed by atoms with Crippen molar-refractivity contribution in [1.29, 1.82) is 0 Å². The van der Waals surface area contributed by atoms with E-state index in [0.717, 1.165) is 5.56 Å². The van der Waals surface area contributed by atoms with E-state index in [1.54, 1.807) is 11.9 Å². The molecule has 2 N–H and O–H groups in total. The zero-order valence-electron chi connectivity index (χ0n) is 11.2. The summed E-state index contributed by atoms with van der Waals surface area (Å²) in [6.45, 7) is 4.98. The molecule has 0 aromatic heterocycles. The van der Waals surface area contributed by atoms with Crippen molar-refractivity contribution < 1.29 is 4.79 Å². The van der Waals surface area contributed by atoms with Crippen LogP contribution in [0.1, 0.15) is 19.4 Å². The summed E-state index contributed by atoms with van der Waals surface area (Å²) in [6, 6.07) is 7.54. The summed E-state index contributed by atoms with van der Waals surface area (Å²) in [5, 5.41) is 0.688. The topological polar surface area (TPSA) is 46.3 Å². The van der Waals surface area contributed by atoms with E-state index >= 15 is 0 Å². The maximum Gasteiger partial charge on any atom is 0.227 e. The molecule has 0 radical (unpaired) electrons. The number of hydrogen-bond donors (Lipinski definition) is 1. The first-order chi connectivity index (χ1) is 8.45. The molecule has 1 aromatic rings. The van der Waals surface area contributed by atoms with Gasteiger partial charge < -0.3 is 10.6 Å². The first kappa shape index (κ1) is 15.0. The monoisotopic (exact) mass is 268 g/mol. The minimum atomic E-state index is -0.116. The molecule has 100 valence electrons. The smallest absolute Gasteiger partial charge is 0.227 e. The Morgan fingerprint density at radius 3 is 2.61 bits per heavy atom. The first-order valence-corrected chi connectivity index (χ1v) is 6.53. The molecule has 3 nitrogen and oxygen atoms in total. The number of carbonyl (C=O) groups excluding carboxylic acids is 1. The van der Waals surface area contributed by atoms with Gasteiger partial charge in [-0.3, -0.25) is 4.79 Å². The fraction of sp³-hybridized carbons (Fsp3) is 0.500. The van der Waals surface area contributed by atoms with E-state index in [-0.39, 0.29) is 17.7 Å². The number of amides is 1. The Labute approximate surface area is 114 Å². The van der Waals surface area contributed by atoms with Gasteiger partial charge in [0.2, 0.25) is 5.91 Å². The SMILES string of the molecule is CC(C)C(CN)C(=O)N(C)Cc1cccc(Cl)c1. The van der Waals surface area contributed by atoms with Crippen molar-refractivity contribution in [1.82, 2.24) is 4.90 Å². The number of nitrogens with zero attached hydrogens (tertiary/aromatic N) is 1. The van der Waals surface area contributed by atoms with Gasteiger partial charge in [-0.1, -0.05) is 37.6 Å². The highest BCUT2D eigenvalue weighted by Gasteiger charge is 2.23. The van der Waals surface area contributed by atoms with Crippen LogP contribution >= 0.6 is 11.6 Å². The molecule has 18 heavy (non-hydrogen) atoms. The molecule has 0 saturated heterocycles. The van der Waals surface area contributed by atoms with Crippen LogP contribution in [0, 0.1) is 11.8 Å². The van der Waals surface area contributed by atoms with Gasteiger partial charge in [0.25, 0.3) is 0 Å². The van der Waals surface area contributed by atoms with Gasteiger partial charge in [-0.2, -0.15) is 0 Å². The van der Waals surface area contributed by atoms with E-state index in [0.29, 0.717) is 18.1 Å². The van der Waals surface area contributed by atoms with Crippen LogP contribution in [0.25, 0.3) is 0 Å². The molecule has 0 heterocycles. The number of halogens is 1. The average molecular weight is 269 g/mol. The highest BCUT2D eigenvalue weighted by atomic mass is 35.5. The normalized spacial score (nSPS) is 12.6. The van der Waals surface area contributed by atoms with Gasteiger partial charge in [0.1, 0.15) is 0 Å². The van der Waals surface area contributed by atoms with Crippen molar-refractivity contribution in [2.75, 3.05) is 13.6 Å². The Kier molecular flexibility index (Phi) is 5.63. The van der Waals surface area contributed by atoms with E-state index in [2.05, 4.69) is 0 Å². The predicted octanol–water partition coefficient (Wildman–Crippen LogP) is 2.53. The van der Waals surface area contributed by atoms with Gasteiger partial charge in [-0.25, -0.2) is 0 Å². The lowest BCUT2D eigenvalue weighted by atomic mass is 9.94. The third-order valence-electron chi connectivity index (χ3n) is 3.06. The molecule has 0 bridgehead atoms. The second-order valence-corrected chi connectivity index (χ2v) is 5.35. The summed E-state index contributed by atoms with van der Waals surface area (Å²) in [7, 11) is 1.80. The quantitative estimate of drug-likeness (QED) is 0.892. The molecule has 0 fully saturated rings. The van der Waals surface area contributed by atoms with E-state index in [1.807, 2.05) is 38.1 Å². The maximum atomic E-state index is 12.2. The molecule has 0 aliphatic carbocycles. The molecule has 1 rings (SSSR count). The number of benzene rings is 1. The van der Waals surface area contributed by atoms with Crippen molar-refractivity contribution in [2.24, 2.45) is 17.6 Å². The third kappa shape index (κ3) is 4.00. The van der Waals surface area contributed by atoms with Crippen LogP contribution in [0.4, 0.5) is 0 Å².